The SMILES string of the molecule is O=C(OCCCCc1ccc(CCO)cc1)N(c1ccccc1-c1ccccc1)N1CC[CH]CC1. The second kappa shape index (κ2) is 13.1. The molecular weight excluding hydrogens is 436 g/mol. The number of carbonyl (C=O) groups is 1. The van der Waals surface area contributed by atoms with Gasteiger partial charge in [0.1, 0.15) is 0 Å². The molecule has 0 aromatic heterocycles. The number of carbonyl (C=O) groups excluding carboxylic acids is 1. The highest BCUT2D eigenvalue weighted by Crippen LogP contribution is 2.33. The first-order valence-corrected chi connectivity index (χ1v) is 12.6. The lowest BCUT2D eigenvalue weighted by Crippen LogP contribution is -2.49. The molecule has 183 valence electrons. The number of rotatable bonds is 10. The number of hydrogen-bond acceptors (Lipinski definition) is 4. The Morgan fingerprint density at radius 2 is 1.49 bits per heavy atom. The summed E-state index contributed by atoms with van der Waals surface area (Å²) in [4.78, 5) is 13.4. The minimum atomic E-state index is -0.316. The summed E-state index contributed by atoms with van der Waals surface area (Å²) in [6.07, 6.45) is 7.26. The molecule has 1 aliphatic rings. The topological polar surface area (TPSA) is 53.0 Å². The minimum absolute atomic E-state index is 0.174. The van der Waals surface area contributed by atoms with E-state index in [2.05, 4.69) is 53.9 Å². The number of ether oxygens (including phenoxy) is 1. The lowest BCUT2D eigenvalue weighted by atomic mass is 10.0. The summed E-state index contributed by atoms with van der Waals surface area (Å²) >= 11 is 0. The molecule has 0 aliphatic carbocycles. The molecular formula is C30H35N2O3. The molecule has 1 aliphatic heterocycles. The van der Waals surface area contributed by atoms with E-state index in [9.17, 15) is 4.79 Å². The average Bonchev–Trinajstić information content (AvgIpc) is 2.91. The van der Waals surface area contributed by atoms with Gasteiger partial charge in [-0.05, 0) is 67.7 Å². The number of anilines is 1. The fourth-order valence-electron chi connectivity index (χ4n) is 4.48. The summed E-state index contributed by atoms with van der Waals surface area (Å²) in [7, 11) is 0. The van der Waals surface area contributed by atoms with E-state index < -0.39 is 0 Å². The first-order chi connectivity index (χ1) is 17.3. The Labute approximate surface area is 208 Å². The van der Waals surface area contributed by atoms with Crippen molar-refractivity contribution < 1.29 is 14.6 Å². The normalized spacial score (nSPS) is 14.0. The first-order valence-electron chi connectivity index (χ1n) is 12.6. The molecule has 1 radical (unpaired) electrons. The molecule has 1 fully saturated rings. The van der Waals surface area contributed by atoms with Crippen molar-refractivity contribution in [2.24, 2.45) is 0 Å². The van der Waals surface area contributed by atoms with E-state index in [0.717, 1.165) is 67.6 Å². The smallest absolute Gasteiger partial charge is 0.429 e. The number of nitrogens with zero attached hydrogens (tertiary/aromatic N) is 2. The van der Waals surface area contributed by atoms with Gasteiger partial charge >= 0.3 is 6.09 Å². The van der Waals surface area contributed by atoms with Gasteiger partial charge in [-0.3, -0.25) is 0 Å². The largest absolute Gasteiger partial charge is 0.448 e. The Bertz CT molecular complexity index is 1050. The molecule has 4 rings (SSSR count). The second-order valence-electron chi connectivity index (χ2n) is 8.88. The molecule has 3 aromatic carbocycles. The molecule has 5 nitrogen and oxygen atoms in total. The van der Waals surface area contributed by atoms with Crippen molar-refractivity contribution in [3.05, 3.63) is 96.4 Å². The number of benzene rings is 3. The van der Waals surface area contributed by atoms with Gasteiger partial charge in [0.25, 0.3) is 0 Å². The maximum Gasteiger partial charge on any atom is 0.429 e. The van der Waals surface area contributed by atoms with Crippen LogP contribution in [0.1, 0.15) is 36.8 Å². The third-order valence-corrected chi connectivity index (χ3v) is 6.36. The van der Waals surface area contributed by atoms with Crippen LogP contribution in [0.25, 0.3) is 11.1 Å². The summed E-state index contributed by atoms with van der Waals surface area (Å²) in [6, 6.07) is 26.6. The summed E-state index contributed by atoms with van der Waals surface area (Å²) < 4.78 is 5.80. The maximum atomic E-state index is 13.4. The van der Waals surface area contributed by atoms with Crippen molar-refractivity contribution in [2.75, 3.05) is 31.3 Å². The van der Waals surface area contributed by atoms with Crippen molar-refractivity contribution >= 4 is 11.8 Å². The zero-order chi connectivity index (χ0) is 24.3. The predicted octanol–water partition coefficient (Wildman–Crippen LogP) is 6.07. The van der Waals surface area contributed by atoms with Gasteiger partial charge in [-0.2, -0.15) is 0 Å². The third-order valence-electron chi connectivity index (χ3n) is 6.36. The Balaban J connectivity index is 1.39. The Morgan fingerprint density at radius 3 is 2.20 bits per heavy atom. The van der Waals surface area contributed by atoms with Gasteiger partial charge in [-0.1, -0.05) is 72.8 Å². The van der Waals surface area contributed by atoms with Gasteiger partial charge in [-0.25, -0.2) is 14.8 Å². The van der Waals surface area contributed by atoms with E-state index in [-0.39, 0.29) is 12.7 Å². The zero-order valence-electron chi connectivity index (χ0n) is 20.3. The van der Waals surface area contributed by atoms with Crippen LogP contribution in [0, 0.1) is 6.42 Å². The Morgan fingerprint density at radius 1 is 0.829 bits per heavy atom. The van der Waals surface area contributed by atoms with Crippen LogP contribution in [0.5, 0.6) is 0 Å². The lowest BCUT2D eigenvalue weighted by molar-refractivity contribution is 0.124. The van der Waals surface area contributed by atoms with E-state index >= 15 is 0 Å². The summed E-state index contributed by atoms with van der Waals surface area (Å²) in [6.45, 7) is 2.16. The van der Waals surface area contributed by atoms with Crippen LogP contribution >= 0.6 is 0 Å². The molecule has 1 amide bonds. The summed E-state index contributed by atoms with van der Waals surface area (Å²) in [5.41, 5.74) is 5.37. The Hall–Kier alpha value is -3.15. The van der Waals surface area contributed by atoms with Gasteiger partial charge < -0.3 is 9.84 Å². The molecule has 3 aromatic rings. The van der Waals surface area contributed by atoms with Gasteiger partial charge in [-0.15, -0.1) is 0 Å². The number of aliphatic hydroxyl groups is 1. The van der Waals surface area contributed by atoms with Gasteiger partial charge in [0.05, 0.1) is 12.3 Å². The minimum Gasteiger partial charge on any atom is -0.448 e. The molecule has 35 heavy (non-hydrogen) atoms. The molecule has 1 saturated heterocycles. The number of hydrogen-bond donors (Lipinski definition) is 1. The summed E-state index contributed by atoms with van der Waals surface area (Å²) in [5.74, 6) is 0. The third kappa shape index (κ3) is 6.93. The van der Waals surface area contributed by atoms with E-state index in [1.807, 2.05) is 36.4 Å². The number of aryl methyl sites for hydroxylation is 1. The highest BCUT2D eigenvalue weighted by atomic mass is 16.6. The maximum absolute atomic E-state index is 13.4. The number of aliphatic hydroxyl groups excluding tert-OH is 1. The molecule has 0 bridgehead atoms. The monoisotopic (exact) mass is 471 g/mol. The molecule has 0 saturated carbocycles. The van der Waals surface area contributed by atoms with E-state index in [1.54, 1.807) is 5.01 Å². The van der Waals surface area contributed by atoms with Gasteiger partial charge in [0.15, 0.2) is 0 Å². The van der Waals surface area contributed by atoms with Crippen LogP contribution in [0.15, 0.2) is 78.9 Å². The lowest BCUT2D eigenvalue weighted by Gasteiger charge is -2.37. The number of amides is 1. The average molecular weight is 472 g/mol. The van der Waals surface area contributed by atoms with E-state index in [4.69, 9.17) is 9.84 Å². The second-order valence-corrected chi connectivity index (χ2v) is 8.88. The molecule has 1 heterocycles. The summed E-state index contributed by atoms with van der Waals surface area (Å²) in [5, 5.41) is 12.9. The number of piperidine rings is 1. The van der Waals surface area contributed by atoms with E-state index in [1.165, 1.54) is 5.56 Å². The van der Waals surface area contributed by atoms with Crippen LogP contribution in [0.4, 0.5) is 10.5 Å². The van der Waals surface area contributed by atoms with Crippen molar-refractivity contribution in [3.8, 4) is 11.1 Å². The molecule has 0 atom stereocenters. The van der Waals surface area contributed by atoms with Crippen LogP contribution < -0.4 is 5.01 Å². The van der Waals surface area contributed by atoms with Crippen molar-refractivity contribution in [2.45, 2.75) is 38.5 Å². The molecule has 0 unspecified atom stereocenters. The number of para-hydroxylation sites is 1. The van der Waals surface area contributed by atoms with Gasteiger partial charge in [0, 0.05) is 25.3 Å². The highest BCUT2D eigenvalue weighted by Gasteiger charge is 2.28. The van der Waals surface area contributed by atoms with Crippen LogP contribution in [-0.4, -0.2) is 42.5 Å². The van der Waals surface area contributed by atoms with Crippen LogP contribution in [0.3, 0.4) is 0 Å². The van der Waals surface area contributed by atoms with E-state index in [0.29, 0.717) is 13.0 Å². The fourth-order valence-corrected chi connectivity index (χ4v) is 4.48. The van der Waals surface area contributed by atoms with Crippen molar-refractivity contribution in [3.63, 3.8) is 0 Å². The number of unbranched alkanes of at least 4 members (excludes halogenated alkanes) is 1. The molecule has 5 heteroatoms. The van der Waals surface area contributed by atoms with Crippen molar-refractivity contribution in [1.29, 1.82) is 0 Å². The van der Waals surface area contributed by atoms with Crippen LogP contribution in [-0.2, 0) is 17.6 Å². The fraction of sp³-hybridized carbons (Fsp3) is 0.333. The van der Waals surface area contributed by atoms with Gasteiger partial charge in [0.2, 0.25) is 0 Å². The predicted molar refractivity (Wildman–Crippen MR) is 141 cm³/mol. The molecule has 0 spiro atoms. The highest BCUT2D eigenvalue weighted by molar-refractivity contribution is 5.93. The zero-order valence-corrected chi connectivity index (χ0v) is 20.3. The standard InChI is InChI=1S/C30H35N2O3/c33-23-20-26-18-16-25(17-19-26)11-7-10-24-35-30(34)32(31-21-8-2-9-22-31)29-15-6-5-14-28(29)27-12-3-1-4-13-27/h1-6,12-19,33H,7-11,20-24H2. The van der Waals surface area contributed by atoms with Crippen molar-refractivity contribution in [1.82, 2.24) is 5.01 Å². The Kier molecular flexibility index (Phi) is 9.32. The first kappa shape index (κ1) is 25.0. The number of hydrazine groups is 1. The molecule has 1 N–H and O–H groups in total. The van der Waals surface area contributed by atoms with Crippen LogP contribution in [0.2, 0.25) is 0 Å². The quantitative estimate of drug-likeness (QED) is 0.365.